The summed E-state index contributed by atoms with van der Waals surface area (Å²) in [7, 11) is 0. The van der Waals surface area contributed by atoms with Crippen molar-refractivity contribution in [2.45, 2.75) is 96.9 Å². The zero-order valence-corrected chi connectivity index (χ0v) is 23.3. The second-order valence-corrected chi connectivity index (χ2v) is 13.2. The lowest BCUT2D eigenvalue weighted by Crippen LogP contribution is -2.77. The molecule has 0 amide bonds. The van der Waals surface area contributed by atoms with E-state index in [0.29, 0.717) is 0 Å². The number of nitrogens with zero attached hydrogens (tertiary/aromatic N) is 2. The van der Waals surface area contributed by atoms with Crippen molar-refractivity contribution in [3.63, 3.8) is 0 Å². The molecular formula is C18H28Br4N2O3. The first-order chi connectivity index (χ1) is 11.9. The van der Waals surface area contributed by atoms with E-state index in [0.717, 1.165) is 0 Å². The Hall–Kier alpha value is 1.14. The molecule has 156 valence electrons. The third-order valence-corrected chi connectivity index (χ3v) is 12.0. The van der Waals surface area contributed by atoms with Crippen LogP contribution in [0.2, 0.25) is 0 Å². The van der Waals surface area contributed by atoms with Gasteiger partial charge in [0.25, 0.3) is 0 Å². The topological polar surface area (TPSA) is 49.9 Å². The fourth-order valence-corrected chi connectivity index (χ4v) is 6.56. The molecule has 5 nitrogen and oxygen atoms in total. The van der Waals surface area contributed by atoms with Gasteiger partial charge in [0.1, 0.15) is 0 Å². The summed E-state index contributed by atoms with van der Waals surface area (Å²) < 4.78 is 0. The van der Waals surface area contributed by atoms with Gasteiger partial charge in [0.05, 0.1) is 41.5 Å². The molecule has 0 spiro atoms. The van der Waals surface area contributed by atoms with Gasteiger partial charge < -0.3 is 0 Å². The Morgan fingerprint density at radius 1 is 0.593 bits per heavy atom. The molecule has 9 heteroatoms. The molecule has 0 bridgehead atoms. The molecule has 27 heavy (non-hydrogen) atoms. The highest BCUT2D eigenvalue weighted by Gasteiger charge is 2.62. The van der Waals surface area contributed by atoms with E-state index in [4.69, 9.17) is 4.94 Å². The number of piperidine rings is 2. The number of halogens is 4. The Balaban J connectivity index is 2.54. The second kappa shape index (κ2) is 7.38. The normalized spacial score (nSPS) is 38.8. The van der Waals surface area contributed by atoms with Gasteiger partial charge in [-0.3, -0.25) is 9.59 Å². The summed E-state index contributed by atoms with van der Waals surface area (Å²) in [4.78, 5) is 30.5. The maximum absolute atomic E-state index is 12.7. The molecule has 2 aliphatic heterocycles. The average molecular weight is 640 g/mol. The first-order valence-electron chi connectivity index (χ1n) is 8.85. The zero-order valence-electron chi connectivity index (χ0n) is 16.9. The maximum atomic E-state index is 12.7. The van der Waals surface area contributed by atoms with Gasteiger partial charge in [0.2, 0.25) is 0 Å². The fraction of sp³-hybridized carbons (Fsp3) is 0.889. The van der Waals surface area contributed by atoms with Crippen molar-refractivity contribution in [1.82, 2.24) is 10.1 Å². The van der Waals surface area contributed by atoms with E-state index in [1.54, 1.807) is 0 Å². The molecular weight excluding hydrogens is 612 g/mol. The largest absolute Gasteiger partial charge is 0.297 e. The maximum Gasteiger partial charge on any atom is 0.163 e. The minimum Gasteiger partial charge on any atom is -0.297 e. The minimum atomic E-state index is -0.609. The predicted molar refractivity (Wildman–Crippen MR) is 122 cm³/mol. The molecule has 4 atom stereocenters. The van der Waals surface area contributed by atoms with Crippen LogP contribution in [0.15, 0.2) is 0 Å². The molecule has 2 saturated heterocycles. The smallest absolute Gasteiger partial charge is 0.163 e. The van der Waals surface area contributed by atoms with Gasteiger partial charge in [-0.05, 0) is 55.4 Å². The zero-order chi connectivity index (χ0) is 21.3. The van der Waals surface area contributed by atoms with Crippen molar-refractivity contribution in [3.05, 3.63) is 0 Å². The third-order valence-electron chi connectivity index (χ3n) is 5.74. The standard InChI is InChI=1S/C18H28Br4N2O3/c1-15(2)11(19)9(25)12(20)16(3,4)23(15)27-24-17(5,6)13(21)10(26)14(22)18(24,7)8/h11-14H,1-8H3. The lowest BCUT2D eigenvalue weighted by Gasteiger charge is -2.61. The first kappa shape index (κ1) is 24.4. The van der Waals surface area contributed by atoms with Gasteiger partial charge in [-0.1, -0.05) is 63.7 Å². The summed E-state index contributed by atoms with van der Waals surface area (Å²) in [6.45, 7) is 15.9. The molecule has 0 aliphatic carbocycles. The van der Waals surface area contributed by atoms with Crippen LogP contribution in [-0.4, -0.2) is 63.2 Å². The van der Waals surface area contributed by atoms with Gasteiger partial charge in [-0.25, -0.2) is 4.94 Å². The van der Waals surface area contributed by atoms with Gasteiger partial charge in [0.15, 0.2) is 11.6 Å². The monoisotopic (exact) mass is 636 g/mol. The van der Waals surface area contributed by atoms with Crippen LogP contribution in [-0.2, 0) is 14.5 Å². The predicted octanol–water partition coefficient (Wildman–Crippen LogP) is 4.77. The molecule has 0 aromatic rings. The van der Waals surface area contributed by atoms with Gasteiger partial charge in [0, 0.05) is 0 Å². The molecule has 0 saturated carbocycles. The van der Waals surface area contributed by atoms with Crippen LogP contribution in [0.3, 0.4) is 0 Å². The molecule has 2 heterocycles. The number of Topliss-reactive ketones (excluding diaryl/α,β-unsaturated/α-hetero) is 2. The van der Waals surface area contributed by atoms with Crippen molar-refractivity contribution >= 4 is 75.3 Å². The average Bonchev–Trinajstić information content (AvgIpc) is 2.54. The van der Waals surface area contributed by atoms with Crippen LogP contribution in [0.5, 0.6) is 0 Å². The molecule has 0 N–H and O–H groups in total. The lowest BCUT2D eigenvalue weighted by atomic mass is 9.80. The van der Waals surface area contributed by atoms with Gasteiger partial charge >= 0.3 is 0 Å². The van der Waals surface area contributed by atoms with E-state index >= 15 is 0 Å². The Kier molecular flexibility index (Phi) is 6.67. The van der Waals surface area contributed by atoms with Crippen LogP contribution in [0.4, 0.5) is 0 Å². The Morgan fingerprint density at radius 3 is 0.963 bits per heavy atom. The molecule has 0 aromatic heterocycles. The SMILES string of the molecule is CC1(C)C(Br)C(=O)C(Br)C(C)(C)N1ON1C(C)(C)C(Br)C(=O)C(Br)C1(C)C. The van der Waals surface area contributed by atoms with Crippen molar-refractivity contribution < 1.29 is 14.5 Å². The van der Waals surface area contributed by atoms with Crippen LogP contribution < -0.4 is 0 Å². The van der Waals surface area contributed by atoms with E-state index < -0.39 is 41.5 Å². The van der Waals surface area contributed by atoms with E-state index in [-0.39, 0.29) is 11.6 Å². The molecule has 2 aliphatic rings. The first-order valence-corrected chi connectivity index (χ1v) is 12.5. The van der Waals surface area contributed by atoms with Gasteiger partial charge in [-0.2, -0.15) is 10.1 Å². The van der Waals surface area contributed by atoms with E-state index in [1.807, 2.05) is 65.5 Å². The number of carbonyl (C=O) groups is 2. The lowest BCUT2D eigenvalue weighted by molar-refractivity contribution is -0.431. The number of ketones is 2. The summed E-state index contributed by atoms with van der Waals surface area (Å²) in [5.74, 6) is 0.183. The molecule has 2 fully saturated rings. The Morgan fingerprint density at radius 2 is 0.778 bits per heavy atom. The minimum absolute atomic E-state index is 0.0916. The molecule has 2 rings (SSSR count). The van der Waals surface area contributed by atoms with Crippen LogP contribution >= 0.6 is 63.7 Å². The number of rotatable bonds is 2. The number of hydrogen-bond acceptors (Lipinski definition) is 5. The number of alkyl halides is 4. The van der Waals surface area contributed by atoms with E-state index in [2.05, 4.69) is 63.7 Å². The number of carbonyl (C=O) groups excluding carboxylic acids is 2. The fourth-order valence-electron chi connectivity index (χ4n) is 4.05. The van der Waals surface area contributed by atoms with Crippen LogP contribution in [0, 0.1) is 0 Å². The summed E-state index contributed by atoms with van der Waals surface area (Å²) in [6.07, 6.45) is 0. The number of hydrogen-bond donors (Lipinski definition) is 0. The molecule has 0 aromatic carbocycles. The molecule has 4 unspecified atom stereocenters. The Bertz CT molecular complexity index is 549. The number of hydroxylamine groups is 4. The van der Waals surface area contributed by atoms with Crippen molar-refractivity contribution in [2.24, 2.45) is 0 Å². The summed E-state index contributed by atoms with van der Waals surface area (Å²) in [5.41, 5.74) is -2.44. The summed E-state index contributed by atoms with van der Waals surface area (Å²) >= 11 is 14.3. The van der Waals surface area contributed by atoms with E-state index in [1.165, 1.54) is 0 Å². The van der Waals surface area contributed by atoms with Gasteiger partial charge in [-0.15, -0.1) is 0 Å². The highest BCUT2D eigenvalue weighted by Crippen LogP contribution is 2.48. The van der Waals surface area contributed by atoms with E-state index in [9.17, 15) is 9.59 Å². The van der Waals surface area contributed by atoms with Crippen molar-refractivity contribution in [3.8, 4) is 0 Å². The quantitative estimate of drug-likeness (QED) is 0.408. The summed E-state index contributed by atoms with van der Waals surface area (Å²) in [6, 6.07) is 0. The van der Waals surface area contributed by atoms with Crippen LogP contribution in [0.1, 0.15) is 55.4 Å². The van der Waals surface area contributed by atoms with Crippen molar-refractivity contribution in [2.75, 3.05) is 0 Å². The highest BCUT2D eigenvalue weighted by atomic mass is 79.9. The highest BCUT2D eigenvalue weighted by molar-refractivity contribution is 9.11. The third kappa shape index (κ3) is 3.59. The molecule has 0 radical (unpaired) electrons. The van der Waals surface area contributed by atoms with Crippen molar-refractivity contribution in [1.29, 1.82) is 0 Å². The van der Waals surface area contributed by atoms with Crippen LogP contribution in [0.25, 0.3) is 0 Å². The summed E-state index contributed by atoms with van der Waals surface area (Å²) in [5, 5.41) is 3.78. The second-order valence-electron chi connectivity index (χ2n) is 9.54. The Labute approximate surface area is 195 Å².